The molecule has 2 heterocycles. The number of hydrogen-bond acceptors (Lipinski definition) is 3. The topological polar surface area (TPSA) is 29.5 Å². The highest BCUT2D eigenvalue weighted by Crippen LogP contribution is 2.64. The van der Waals surface area contributed by atoms with Crippen LogP contribution in [0, 0.1) is 6.92 Å². The van der Waals surface area contributed by atoms with Gasteiger partial charge >= 0.3 is 0 Å². The highest BCUT2D eigenvalue weighted by molar-refractivity contribution is 6.21. The van der Waals surface area contributed by atoms with Gasteiger partial charge in [0.2, 0.25) is 0 Å². The predicted octanol–water partition coefficient (Wildman–Crippen LogP) is 19.5. The molecular formula is C70H53NO2. The van der Waals surface area contributed by atoms with Gasteiger partial charge in [0.25, 0.3) is 0 Å². The van der Waals surface area contributed by atoms with E-state index in [1.54, 1.807) is 0 Å². The summed E-state index contributed by atoms with van der Waals surface area (Å²) >= 11 is 0. The highest BCUT2D eigenvalue weighted by atomic mass is 16.3. The molecule has 3 heteroatoms. The first kappa shape index (κ1) is 42.3. The Morgan fingerprint density at radius 2 is 0.836 bits per heavy atom. The lowest BCUT2D eigenvalue weighted by atomic mass is 9.72. The summed E-state index contributed by atoms with van der Waals surface area (Å²) in [4.78, 5) is 2.49. The number of benzene rings is 10. The van der Waals surface area contributed by atoms with E-state index in [2.05, 4.69) is 247 Å². The molecule has 3 nitrogen and oxygen atoms in total. The van der Waals surface area contributed by atoms with Crippen molar-refractivity contribution in [2.75, 3.05) is 4.90 Å². The first-order valence-corrected chi connectivity index (χ1v) is 25.8. The molecule has 0 unspecified atom stereocenters. The van der Waals surface area contributed by atoms with Crippen LogP contribution in [0.25, 0.3) is 99.5 Å². The standard InChI is InChI=1S/C70H53NO2/c1-40-19-11-12-22-46(40)52-39-56-59(61-50-24-14-17-27-57(50)72-66(52)61)48-35-33-44(37-54(48)68(56,2)3)71(43-31-29-42(30-32-43)41-20-9-8-10-21-41)45-34-36-49-55(38-45)70(6,7)64-60(49)62-51-25-15-18-28-58(51)73-67(62)63-47-23-13-16-26-53(47)69(4,5)65(63)64/h8-39H,1-7H3. The molecule has 0 aliphatic heterocycles. The molecule has 3 aliphatic rings. The minimum absolute atomic E-state index is 0.234. The van der Waals surface area contributed by atoms with Crippen LogP contribution >= 0.6 is 0 Å². The fraction of sp³-hybridized carbons (Fsp3) is 0.143. The molecule has 0 radical (unpaired) electrons. The minimum atomic E-state index is -0.339. The number of para-hydroxylation sites is 2. The zero-order valence-electron chi connectivity index (χ0n) is 42.2. The second-order valence-corrected chi connectivity index (χ2v) is 22.4. The van der Waals surface area contributed by atoms with Crippen LogP contribution in [0.4, 0.5) is 17.1 Å². The lowest BCUT2D eigenvalue weighted by molar-refractivity contribution is 0.600. The molecule has 10 aromatic carbocycles. The van der Waals surface area contributed by atoms with Crippen molar-refractivity contribution in [2.45, 2.75) is 64.7 Å². The quantitative estimate of drug-likeness (QED) is 0.172. The monoisotopic (exact) mass is 939 g/mol. The van der Waals surface area contributed by atoms with Crippen molar-refractivity contribution in [1.29, 1.82) is 0 Å². The Bertz CT molecular complexity index is 4350. The van der Waals surface area contributed by atoms with E-state index >= 15 is 0 Å². The van der Waals surface area contributed by atoms with Crippen molar-refractivity contribution in [1.82, 2.24) is 0 Å². The maximum absolute atomic E-state index is 7.01. The lowest BCUT2D eigenvalue weighted by Gasteiger charge is -2.32. The number of anilines is 3. The SMILES string of the molecule is Cc1ccccc1-c1cc2c(c3c1oc1ccccc13)-c1ccc(N(c3ccc(-c4ccccc4)cc3)c3ccc4c(c3)C(C)(C)c3c5c(c6oc7ccccc7c6c3-4)-c3ccccc3C5(C)C)cc1C2(C)C. The van der Waals surface area contributed by atoms with Gasteiger partial charge in [-0.3, -0.25) is 0 Å². The third kappa shape index (κ3) is 5.60. The van der Waals surface area contributed by atoms with Gasteiger partial charge in [-0.15, -0.1) is 0 Å². The molecule has 3 aliphatic carbocycles. The van der Waals surface area contributed by atoms with Crippen molar-refractivity contribution in [3.8, 4) is 55.6 Å². The minimum Gasteiger partial charge on any atom is -0.455 e. The Kier molecular flexibility index (Phi) is 8.47. The number of rotatable bonds is 5. The van der Waals surface area contributed by atoms with Gasteiger partial charge in [0, 0.05) is 66.0 Å². The van der Waals surface area contributed by atoms with Crippen LogP contribution in [-0.4, -0.2) is 0 Å². The van der Waals surface area contributed by atoms with Gasteiger partial charge in [-0.05, 0) is 145 Å². The van der Waals surface area contributed by atoms with Crippen LogP contribution in [0.5, 0.6) is 0 Å². The van der Waals surface area contributed by atoms with Gasteiger partial charge in [-0.1, -0.05) is 181 Å². The molecule has 0 N–H and O–H groups in total. The Hall–Kier alpha value is -8.40. The molecule has 0 spiro atoms. The largest absolute Gasteiger partial charge is 0.455 e. The summed E-state index contributed by atoms with van der Waals surface area (Å²) in [5.41, 5.74) is 28.0. The van der Waals surface area contributed by atoms with Crippen LogP contribution in [0.2, 0.25) is 0 Å². The van der Waals surface area contributed by atoms with Crippen LogP contribution in [0.1, 0.15) is 80.5 Å². The van der Waals surface area contributed by atoms with Gasteiger partial charge in [0.15, 0.2) is 0 Å². The van der Waals surface area contributed by atoms with Gasteiger partial charge < -0.3 is 13.7 Å². The predicted molar refractivity (Wildman–Crippen MR) is 304 cm³/mol. The maximum atomic E-state index is 7.01. The second kappa shape index (κ2) is 14.6. The Balaban J connectivity index is 0.953. The molecule has 2 aromatic heterocycles. The van der Waals surface area contributed by atoms with Gasteiger partial charge in [0.05, 0.1) is 0 Å². The molecule has 73 heavy (non-hydrogen) atoms. The summed E-state index contributed by atoms with van der Waals surface area (Å²) in [5, 5.41) is 4.73. The van der Waals surface area contributed by atoms with Crippen molar-refractivity contribution in [3.63, 3.8) is 0 Å². The van der Waals surface area contributed by atoms with Crippen LogP contribution in [0.15, 0.2) is 203 Å². The molecule has 0 fully saturated rings. The van der Waals surface area contributed by atoms with E-state index in [1.165, 1.54) is 105 Å². The van der Waals surface area contributed by atoms with Gasteiger partial charge in [-0.25, -0.2) is 0 Å². The summed E-state index contributed by atoms with van der Waals surface area (Å²) < 4.78 is 13.9. The van der Waals surface area contributed by atoms with E-state index in [0.29, 0.717) is 0 Å². The van der Waals surface area contributed by atoms with Crippen molar-refractivity contribution in [2.24, 2.45) is 0 Å². The van der Waals surface area contributed by atoms with E-state index in [-0.39, 0.29) is 16.2 Å². The lowest BCUT2D eigenvalue weighted by Crippen LogP contribution is -2.24. The Morgan fingerprint density at radius 1 is 0.342 bits per heavy atom. The summed E-state index contributed by atoms with van der Waals surface area (Å²) in [6.07, 6.45) is 0. The average Bonchev–Trinajstić information content (AvgIpc) is 4.16. The fourth-order valence-electron chi connectivity index (χ4n) is 13.8. The summed E-state index contributed by atoms with van der Waals surface area (Å²) in [7, 11) is 0. The summed E-state index contributed by atoms with van der Waals surface area (Å²) in [6, 6.07) is 71.6. The first-order valence-electron chi connectivity index (χ1n) is 25.8. The molecule has 0 saturated carbocycles. The smallest absolute Gasteiger partial charge is 0.144 e. The third-order valence-electron chi connectivity index (χ3n) is 17.3. The Morgan fingerprint density at radius 3 is 1.52 bits per heavy atom. The van der Waals surface area contributed by atoms with Crippen molar-refractivity contribution >= 4 is 60.9 Å². The van der Waals surface area contributed by atoms with Gasteiger partial charge in [0.1, 0.15) is 22.3 Å². The molecule has 0 saturated heterocycles. The van der Waals surface area contributed by atoms with Crippen molar-refractivity contribution in [3.05, 3.63) is 233 Å². The van der Waals surface area contributed by atoms with Crippen molar-refractivity contribution < 1.29 is 8.83 Å². The fourth-order valence-corrected chi connectivity index (χ4v) is 13.8. The number of fused-ring (bicyclic) bond motifs is 19. The van der Waals surface area contributed by atoms with E-state index in [4.69, 9.17) is 8.83 Å². The molecule has 15 rings (SSSR count). The Labute approximate surface area is 426 Å². The van der Waals surface area contributed by atoms with E-state index in [9.17, 15) is 0 Å². The molecule has 350 valence electrons. The number of furan rings is 2. The maximum Gasteiger partial charge on any atom is 0.144 e. The zero-order valence-corrected chi connectivity index (χ0v) is 42.2. The molecular weight excluding hydrogens is 887 g/mol. The third-order valence-corrected chi connectivity index (χ3v) is 17.3. The normalized spacial score (nSPS) is 15.1. The van der Waals surface area contributed by atoms with Crippen LogP contribution < -0.4 is 4.90 Å². The molecule has 12 aromatic rings. The van der Waals surface area contributed by atoms with E-state index in [1.807, 2.05) is 0 Å². The van der Waals surface area contributed by atoms with Crippen LogP contribution in [0.3, 0.4) is 0 Å². The molecule has 0 atom stereocenters. The summed E-state index contributed by atoms with van der Waals surface area (Å²) in [5.74, 6) is 0. The number of nitrogens with zero attached hydrogens (tertiary/aromatic N) is 1. The van der Waals surface area contributed by atoms with E-state index < -0.39 is 0 Å². The molecule has 0 amide bonds. The molecule has 0 bridgehead atoms. The number of hydrogen-bond donors (Lipinski definition) is 0. The first-order chi connectivity index (χ1) is 35.4. The average molecular weight is 940 g/mol. The highest BCUT2D eigenvalue weighted by Gasteiger charge is 2.49. The zero-order chi connectivity index (χ0) is 49.3. The van der Waals surface area contributed by atoms with E-state index in [0.717, 1.165) is 50.3 Å². The number of aryl methyl sites for hydroxylation is 1. The second-order valence-electron chi connectivity index (χ2n) is 22.4. The summed E-state index contributed by atoms with van der Waals surface area (Å²) in [6.45, 7) is 16.7. The van der Waals surface area contributed by atoms with Crippen LogP contribution in [-0.2, 0) is 16.2 Å². The van der Waals surface area contributed by atoms with Gasteiger partial charge in [-0.2, -0.15) is 0 Å².